The first-order valence-corrected chi connectivity index (χ1v) is 7.32. The van der Waals surface area contributed by atoms with Crippen LogP contribution in [0.2, 0.25) is 0 Å². The van der Waals surface area contributed by atoms with Gasteiger partial charge in [-0.3, -0.25) is 9.59 Å². The van der Waals surface area contributed by atoms with Crippen molar-refractivity contribution in [2.75, 3.05) is 13.1 Å². The van der Waals surface area contributed by atoms with Crippen LogP contribution in [0, 0.1) is 0 Å². The van der Waals surface area contributed by atoms with Gasteiger partial charge in [0.1, 0.15) is 5.54 Å². The van der Waals surface area contributed by atoms with Crippen LogP contribution < -0.4 is 11.1 Å². The molecular weight excluding hydrogens is 266 g/mol. The van der Waals surface area contributed by atoms with Crippen LogP contribution in [0.1, 0.15) is 38.3 Å². The Kier molecular flexibility index (Phi) is 4.63. The predicted octanol–water partition coefficient (Wildman–Crippen LogP) is 1.20. The molecule has 5 nitrogen and oxygen atoms in total. The fraction of sp³-hybridized carbons (Fsp3) is 0.500. The third-order valence-corrected chi connectivity index (χ3v) is 4.05. The highest BCUT2D eigenvalue weighted by molar-refractivity contribution is 5.91. The molecule has 5 heteroatoms. The molecule has 1 aliphatic heterocycles. The van der Waals surface area contributed by atoms with Gasteiger partial charge in [-0.2, -0.15) is 0 Å². The molecule has 0 bridgehead atoms. The predicted molar refractivity (Wildman–Crippen MR) is 81.4 cm³/mol. The summed E-state index contributed by atoms with van der Waals surface area (Å²) in [6, 6.07) is 9.60. The van der Waals surface area contributed by atoms with E-state index in [2.05, 4.69) is 5.32 Å². The van der Waals surface area contributed by atoms with E-state index in [9.17, 15) is 9.59 Å². The van der Waals surface area contributed by atoms with E-state index >= 15 is 0 Å². The number of hydrogen-bond donors (Lipinski definition) is 2. The van der Waals surface area contributed by atoms with E-state index in [0.717, 1.165) is 5.56 Å². The molecule has 2 amide bonds. The van der Waals surface area contributed by atoms with E-state index in [1.807, 2.05) is 30.3 Å². The van der Waals surface area contributed by atoms with Crippen molar-refractivity contribution in [3.8, 4) is 0 Å². The highest BCUT2D eigenvalue weighted by Crippen LogP contribution is 2.21. The number of benzene rings is 1. The minimum atomic E-state index is -0.786. The van der Waals surface area contributed by atoms with Crippen LogP contribution in [-0.2, 0) is 9.59 Å². The van der Waals surface area contributed by atoms with Gasteiger partial charge in [-0.25, -0.2) is 0 Å². The Morgan fingerprint density at radius 1 is 1.38 bits per heavy atom. The van der Waals surface area contributed by atoms with Crippen molar-refractivity contribution >= 4 is 11.8 Å². The summed E-state index contributed by atoms with van der Waals surface area (Å²) >= 11 is 0. The molecule has 21 heavy (non-hydrogen) atoms. The summed E-state index contributed by atoms with van der Waals surface area (Å²) < 4.78 is 0. The van der Waals surface area contributed by atoms with Gasteiger partial charge in [0.2, 0.25) is 11.8 Å². The molecule has 1 aromatic carbocycles. The Hall–Kier alpha value is -1.88. The minimum absolute atomic E-state index is 0.0127. The lowest BCUT2D eigenvalue weighted by Gasteiger charge is -2.41. The van der Waals surface area contributed by atoms with Crippen LogP contribution in [0.4, 0.5) is 0 Å². The van der Waals surface area contributed by atoms with Crippen LogP contribution in [0.15, 0.2) is 30.3 Å². The average molecular weight is 289 g/mol. The van der Waals surface area contributed by atoms with Gasteiger partial charge in [-0.15, -0.1) is 0 Å². The summed E-state index contributed by atoms with van der Waals surface area (Å²) in [5.41, 5.74) is 6.36. The highest BCUT2D eigenvalue weighted by Gasteiger charge is 2.40. The van der Waals surface area contributed by atoms with E-state index in [4.69, 9.17) is 5.73 Å². The van der Waals surface area contributed by atoms with Crippen molar-refractivity contribution in [2.24, 2.45) is 5.73 Å². The molecule has 2 rings (SSSR count). The number of hydrogen-bond acceptors (Lipinski definition) is 3. The number of nitrogens with zero attached hydrogens (tertiary/aromatic N) is 1. The van der Waals surface area contributed by atoms with Crippen molar-refractivity contribution < 1.29 is 9.59 Å². The van der Waals surface area contributed by atoms with Gasteiger partial charge in [-0.1, -0.05) is 30.3 Å². The number of amides is 2. The lowest BCUT2D eigenvalue weighted by molar-refractivity contribution is -0.149. The van der Waals surface area contributed by atoms with Gasteiger partial charge in [0.25, 0.3) is 0 Å². The molecule has 1 fully saturated rings. The Bertz CT molecular complexity index is 514. The normalized spacial score (nSPS) is 19.0. The first-order chi connectivity index (χ1) is 9.93. The maximum absolute atomic E-state index is 12.4. The summed E-state index contributed by atoms with van der Waals surface area (Å²) in [5, 5.41) is 2.79. The third kappa shape index (κ3) is 3.42. The van der Waals surface area contributed by atoms with Gasteiger partial charge >= 0.3 is 0 Å². The fourth-order valence-electron chi connectivity index (χ4n) is 2.62. The number of carbonyl (C=O) groups is 2. The topological polar surface area (TPSA) is 75.4 Å². The maximum atomic E-state index is 12.4. The van der Waals surface area contributed by atoms with Gasteiger partial charge < -0.3 is 16.0 Å². The number of rotatable bonds is 4. The van der Waals surface area contributed by atoms with E-state index in [-0.39, 0.29) is 17.9 Å². The molecule has 1 saturated heterocycles. The SMILES string of the molecule is CC1(C)C(=O)NCCN1C(=O)CC[C@H](N)c1ccccc1. The standard InChI is InChI=1S/C16H23N3O2/c1-16(2)15(21)18-10-11-19(16)14(20)9-8-13(17)12-6-4-3-5-7-12/h3-7,13H,8-11,17H2,1-2H3,(H,18,21)/t13-/m0/s1. The van der Waals surface area contributed by atoms with E-state index in [1.165, 1.54) is 0 Å². The minimum Gasteiger partial charge on any atom is -0.352 e. The van der Waals surface area contributed by atoms with E-state index in [0.29, 0.717) is 25.9 Å². The summed E-state index contributed by atoms with van der Waals surface area (Å²) in [6.45, 7) is 4.62. The highest BCUT2D eigenvalue weighted by atomic mass is 16.2. The Labute approximate surface area is 125 Å². The molecule has 0 spiro atoms. The first kappa shape index (κ1) is 15.5. The van der Waals surface area contributed by atoms with Gasteiger partial charge in [0, 0.05) is 25.6 Å². The molecule has 1 atom stereocenters. The molecule has 1 aromatic rings. The summed E-state index contributed by atoms with van der Waals surface area (Å²) in [4.78, 5) is 25.9. The molecule has 3 N–H and O–H groups in total. The zero-order valence-corrected chi connectivity index (χ0v) is 12.6. The summed E-state index contributed by atoms with van der Waals surface area (Å²) in [5.74, 6) is -0.115. The zero-order chi connectivity index (χ0) is 15.5. The second-order valence-electron chi connectivity index (χ2n) is 5.92. The molecule has 0 aliphatic carbocycles. The van der Waals surface area contributed by atoms with E-state index < -0.39 is 5.54 Å². The molecule has 1 aliphatic rings. The maximum Gasteiger partial charge on any atom is 0.245 e. The van der Waals surface area contributed by atoms with Crippen molar-refractivity contribution in [3.05, 3.63) is 35.9 Å². The Balaban J connectivity index is 1.94. The zero-order valence-electron chi connectivity index (χ0n) is 12.6. The lowest BCUT2D eigenvalue weighted by Crippen LogP contribution is -2.63. The van der Waals surface area contributed by atoms with Crippen molar-refractivity contribution in [1.29, 1.82) is 0 Å². The van der Waals surface area contributed by atoms with Crippen LogP contribution in [0.5, 0.6) is 0 Å². The molecule has 1 heterocycles. The van der Waals surface area contributed by atoms with Gasteiger partial charge in [-0.05, 0) is 25.8 Å². The van der Waals surface area contributed by atoms with Crippen LogP contribution in [0.3, 0.4) is 0 Å². The second-order valence-corrected chi connectivity index (χ2v) is 5.92. The molecule has 0 aromatic heterocycles. The third-order valence-electron chi connectivity index (χ3n) is 4.05. The lowest BCUT2D eigenvalue weighted by atomic mass is 9.97. The Morgan fingerprint density at radius 3 is 2.71 bits per heavy atom. The van der Waals surface area contributed by atoms with Crippen LogP contribution in [0.25, 0.3) is 0 Å². The monoisotopic (exact) mass is 289 g/mol. The number of nitrogens with one attached hydrogen (secondary N) is 1. The largest absolute Gasteiger partial charge is 0.352 e. The van der Waals surface area contributed by atoms with E-state index in [1.54, 1.807) is 18.7 Å². The van der Waals surface area contributed by atoms with Gasteiger partial charge in [0.15, 0.2) is 0 Å². The van der Waals surface area contributed by atoms with Gasteiger partial charge in [0.05, 0.1) is 0 Å². The second kappa shape index (κ2) is 6.26. The quantitative estimate of drug-likeness (QED) is 0.874. The molecule has 114 valence electrons. The van der Waals surface area contributed by atoms with Crippen molar-refractivity contribution in [1.82, 2.24) is 10.2 Å². The first-order valence-electron chi connectivity index (χ1n) is 7.32. The molecule has 0 unspecified atom stereocenters. The number of piperazine rings is 1. The summed E-state index contributed by atoms with van der Waals surface area (Å²) in [6.07, 6.45) is 0.934. The Morgan fingerprint density at radius 2 is 2.05 bits per heavy atom. The van der Waals surface area contributed by atoms with Crippen LogP contribution in [-0.4, -0.2) is 35.3 Å². The molecule has 0 saturated carbocycles. The van der Waals surface area contributed by atoms with Crippen molar-refractivity contribution in [2.45, 2.75) is 38.3 Å². The number of nitrogens with two attached hydrogens (primary N) is 1. The number of carbonyl (C=O) groups excluding carboxylic acids is 2. The summed E-state index contributed by atoms with van der Waals surface area (Å²) in [7, 11) is 0. The molecular formula is C16H23N3O2. The average Bonchev–Trinajstić information content (AvgIpc) is 2.48. The fourth-order valence-corrected chi connectivity index (χ4v) is 2.62. The van der Waals surface area contributed by atoms with Crippen LogP contribution >= 0.6 is 0 Å². The smallest absolute Gasteiger partial charge is 0.245 e. The molecule has 0 radical (unpaired) electrons. The van der Waals surface area contributed by atoms with Crippen molar-refractivity contribution in [3.63, 3.8) is 0 Å².